The summed E-state index contributed by atoms with van der Waals surface area (Å²) >= 11 is 1.56. The molecule has 1 amide bonds. The Bertz CT molecular complexity index is 836. The maximum Gasteiger partial charge on any atom is 0.236 e. The van der Waals surface area contributed by atoms with Gasteiger partial charge in [0.15, 0.2) is 5.82 Å². The predicted octanol–water partition coefficient (Wildman–Crippen LogP) is 1.89. The van der Waals surface area contributed by atoms with Crippen LogP contribution < -0.4 is 0 Å². The molecule has 4 rings (SSSR count). The van der Waals surface area contributed by atoms with E-state index < -0.39 is 0 Å². The average molecular weight is 329 g/mol. The summed E-state index contributed by atoms with van der Waals surface area (Å²) in [6.07, 6.45) is 1.80. The number of hydrogen-bond acceptors (Lipinski definition) is 6. The summed E-state index contributed by atoms with van der Waals surface area (Å²) in [6.45, 7) is 3.82. The number of fused-ring (bicyclic) bond motifs is 1. The maximum atomic E-state index is 12.5. The lowest BCUT2D eigenvalue weighted by Gasteiger charge is -2.27. The van der Waals surface area contributed by atoms with Crippen molar-refractivity contribution in [2.24, 2.45) is 0 Å². The molecule has 7 nitrogen and oxygen atoms in total. The normalized spacial score (nSPS) is 14.0. The third kappa shape index (κ3) is 2.65. The van der Waals surface area contributed by atoms with Crippen LogP contribution in [-0.4, -0.2) is 37.1 Å². The van der Waals surface area contributed by atoms with E-state index in [1.807, 2.05) is 24.4 Å². The van der Waals surface area contributed by atoms with Gasteiger partial charge in [-0.15, -0.1) is 21.5 Å². The molecule has 4 heterocycles. The van der Waals surface area contributed by atoms with Crippen LogP contribution in [0.1, 0.15) is 17.3 Å². The van der Waals surface area contributed by atoms with Gasteiger partial charge in [-0.2, -0.15) is 0 Å². The van der Waals surface area contributed by atoms with Crippen LogP contribution in [0, 0.1) is 6.92 Å². The lowest BCUT2D eigenvalue weighted by atomic mass is 10.2. The quantitative estimate of drug-likeness (QED) is 0.733. The van der Waals surface area contributed by atoms with E-state index in [2.05, 4.69) is 19.7 Å². The highest BCUT2D eigenvalue weighted by atomic mass is 32.1. The molecule has 23 heavy (non-hydrogen) atoms. The highest BCUT2D eigenvalue weighted by Gasteiger charge is 2.24. The van der Waals surface area contributed by atoms with E-state index in [4.69, 9.17) is 4.42 Å². The van der Waals surface area contributed by atoms with Gasteiger partial charge in [-0.05, 0) is 18.4 Å². The molecule has 3 aromatic rings. The number of aromatic nitrogens is 4. The molecule has 0 radical (unpaired) electrons. The Hall–Kier alpha value is -2.48. The van der Waals surface area contributed by atoms with Crippen molar-refractivity contribution in [3.63, 3.8) is 0 Å². The first-order valence-electron chi connectivity index (χ1n) is 7.35. The van der Waals surface area contributed by atoms with E-state index >= 15 is 0 Å². The van der Waals surface area contributed by atoms with E-state index in [0.29, 0.717) is 24.7 Å². The van der Waals surface area contributed by atoms with Crippen LogP contribution in [0.15, 0.2) is 28.2 Å². The summed E-state index contributed by atoms with van der Waals surface area (Å²) in [5, 5.41) is 10.1. The van der Waals surface area contributed by atoms with Crippen molar-refractivity contribution in [2.75, 3.05) is 6.54 Å². The van der Waals surface area contributed by atoms with Crippen LogP contribution in [0.3, 0.4) is 0 Å². The predicted molar refractivity (Wildman–Crippen MR) is 83.7 cm³/mol. The van der Waals surface area contributed by atoms with Gasteiger partial charge in [-0.3, -0.25) is 4.79 Å². The van der Waals surface area contributed by atoms with Gasteiger partial charge in [0.25, 0.3) is 0 Å². The number of carbonyl (C=O) groups excluding carboxylic acids is 1. The van der Waals surface area contributed by atoms with E-state index in [1.165, 1.54) is 0 Å². The third-order valence-corrected chi connectivity index (χ3v) is 4.76. The topological polar surface area (TPSA) is 77.0 Å². The zero-order valence-corrected chi connectivity index (χ0v) is 13.4. The molecule has 8 heteroatoms. The Balaban J connectivity index is 1.44. The Labute approximate surface area is 136 Å². The molecule has 0 aliphatic carbocycles. The number of thiophene rings is 1. The van der Waals surface area contributed by atoms with Crippen molar-refractivity contribution in [3.8, 4) is 10.8 Å². The number of amides is 1. The second-order valence-electron chi connectivity index (χ2n) is 5.43. The van der Waals surface area contributed by atoms with Crippen LogP contribution in [0.5, 0.6) is 0 Å². The monoisotopic (exact) mass is 329 g/mol. The molecular weight excluding hydrogens is 314 g/mol. The van der Waals surface area contributed by atoms with E-state index in [0.717, 1.165) is 23.1 Å². The van der Waals surface area contributed by atoms with Gasteiger partial charge in [-0.1, -0.05) is 6.07 Å². The molecular formula is C15H15N5O2S. The second kappa shape index (κ2) is 5.62. The highest BCUT2D eigenvalue weighted by molar-refractivity contribution is 7.13. The Morgan fingerprint density at radius 1 is 1.39 bits per heavy atom. The second-order valence-corrected chi connectivity index (χ2v) is 6.38. The Kier molecular flexibility index (Phi) is 3.45. The fourth-order valence-electron chi connectivity index (χ4n) is 2.68. The fraction of sp³-hybridized carbons (Fsp3) is 0.333. The highest BCUT2D eigenvalue weighted by Crippen LogP contribution is 2.24. The minimum atomic E-state index is 0.0305. The standard InChI is InChI=1S/C15H15N5O2S/c1-10-17-18-13-8-19(4-5-20(10)13)14(21)7-11-9-22-15(16-11)12-3-2-6-23-12/h2-3,6,9H,4-5,7-8H2,1H3. The van der Waals surface area contributed by atoms with Crippen LogP contribution in [0.25, 0.3) is 10.8 Å². The third-order valence-electron chi connectivity index (χ3n) is 3.91. The summed E-state index contributed by atoms with van der Waals surface area (Å²) in [5.74, 6) is 2.32. The Morgan fingerprint density at radius 3 is 3.13 bits per heavy atom. The number of nitrogens with zero attached hydrogens (tertiary/aromatic N) is 5. The number of hydrogen-bond donors (Lipinski definition) is 0. The largest absolute Gasteiger partial charge is 0.444 e. The van der Waals surface area contributed by atoms with Gasteiger partial charge in [0.1, 0.15) is 12.1 Å². The molecule has 118 valence electrons. The maximum absolute atomic E-state index is 12.5. The van der Waals surface area contributed by atoms with Crippen LogP contribution in [-0.2, 0) is 24.3 Å². The molecule has 0 unspecified atom stereocenters. The van der Waals surface area contributed by atoms with Gasteiger partial charge in [-0.25, -0.2) is 4.98 Å². The van der Waals surface area contributed by atoms with Crippen molar-refractivity contribution in [1.29, 1.82) is 0 Å². The summed E-state index contributed by atoms with van der Waals surface area (Å²) in [7, 11) is 0. The van der Waals surface area contributed by atoms with Crippen molar-refractivity contribution < 1.29 is 9.21 Å². The lowest BCUT2D eigenvalue weighted by molar-refractivity contribution is -0.132. The van der Waals surface area contributed by atoms with Gasteiger partial charge < -0.3 is 13.9 Å². The number of rotatable bonds is 3. The molecule has 3 aromatic heterocycles. The Morgan fingerprint density at radius 2 is 2.30 bits per heavy atom. The first-order valence-corrected chi connectivity index (χ1v) is 8.23. The first-order chi connectivity index (χ1) is 11.2. The van der Waals surface area contributed by atoms with E-state index in [1.54, 1.807) is 22.5 Å². The lowest BCUT2D eigenvalue weighted by Crippen LogP contribution is -2.39. The summed E-state index contributed by atoms with van der Waals surface area (Å²) < 4.78 is 7.51. The van der Waals surface area contributed by atoms with Crippen molar-refractivity contribution >= 4 is 17.2 Å². The molecule has 0 N–H and O–H groups in total. The molecule has 1 aliphatic rings. The van der Waals surface area contributed by atoms with Gasteiger partial charge in [0, 0.05) is 13.1 Å². The summed E-state index contributed by atoms with van der Waals surface area (Å²) in [6, 6.07) is 3.89. The smallest absolute Gasteiger partial charge is 0.236 e. The molecule has 0 spiro atoms. The number of aryl methyl sites for hydroxylation is 1. The summed E-state index contributed by atoms with van der Waals surface area (Å²) in [4.78, 5) is 19.6. The molecule has 0 saturated heterocycles. The average Bonchev–Trinajstić information content (AvgIpc) is 3.28. The zero-order valence-electron chi connectivity index (χ0n) is 12.6. The van der Waals surface area contributed by atoms with Crippen molar-refractivity contribution in [2.45, 2.75) is 26.4 Å². The SMILES string of the molecule is Cc1nnc2n1CCN(C(=O)Cc1coc(-c3cccs3)n1)C2. The summed E-state index contributed by atoms with van der Waals surface area (Å²) in [5.41, 5.74) is 0.654. The van der Waals surface area contributed by atoms with E-state index in [-0.39, 0.29) is 12.3 Å². The minimum absolute atomic E-state index is 0.0305. The molecule has 0 bridgehead atoms. The van der Waals surface area contributed by atoms with Crippen molar-refractivity contribution in [3.05, 3.63) is 41.1 Å². The molecule has 0 fully saturated rings. The van der Waals surface area contributed by atoms with Gasteiger partial charge in [0.05, 0.1) is 23.5 Å². The zero-order chi connectivity index (χ0) is 15.8. The number of carbonyl (C=O) groups is 1. The van der Waals surface area contributed by atoms with Crippen LogP contribution >= 0.6 is 11.3 Å². The first kappa shape index (κ1) is 14.1. The van der Waals surface area contributed by atoms with E-state index in [9.17, 15) is 4.79 Å². The molecule has 0 atom stereocenters. The van der Waals surface area contributed by atoms with Gasteiger partial charge >= 0.3 is 0 Å². The molecule has 1 aliphatic heterocycles. The fourth-order valence-corrected chi connectivity index (χ4v) is 3.34. The van der Waals surface area contributed by atoms with Crippen LogP contribution in [0.4, 0.5) is 0 Å². The van der Waals surface area contributed by atoms with Gasteiger partial charge in [0.2, 0.25) is 11.8 Å². The minimum Gasteiger partial charge on any atom is -0.444 e. The molecule has 0 aromatic carbocycles. The molecule has 0 saturated carbocycles. The van der Waals surface area contributed by atoms with Crippen molar-refractivity contribution in [1.82, 2.24) is 24.6 Å². The van der Waals surface area contributed by atoms with Crippen LogP contribution in [0.2, 0.25) is 0 Å². The number of oxazole rings is 1.